The third-order valence-corrected chi connectivity index (χ3v) is 6.70. The topological polar surface area (TPSA) is 90.4 Å². The van der Waals surface area contributed by atoms with E-state index in [4.69, 9.17) is 32.7 Å². The Morgan fingerprint density at radius 2 is 1.63 bits per heavy atom. The van der Waals surface area contributed by atoms with Gasteiger partial charge < -0.3 is 14.8 Å². The summed E-state index contributed by atoms with van der Waals surface area (Å²) in [4.78, 5) is 34.6. The van der Waals surface area contributed by atoms with E-state index in [0.29, 0.717) is 17.1 Å². The van der Waals surface area contributed by atoms with E-state index in [1.54, 1.807) is 42.7 Å². The number of rotatable bonds is 7. The number of hydrogen-bond acceptors (Lipinski definition) is 6. The molecule has 1 N–H and O–H groups in total. The number of benzene rings is 3. The largest absolute Gasteiger partial charge is 0.467 e. The molecule has 0 spiro atoms. The lowest BCUT2D eigenvalue weighted by molar-refractivity contribution is -0.142. The summed E-state index contributed by atoms with van der Waals surface area (Å²) in [6, 6.07) is 20.7. The number of nitrogens with one attached hydrogen (secondary N) is 1. The van der Waals surface area contributed by atoms with Crippen LogP contribution in [0.15, 0.2) is 85.2 Å². The lowest BCUT2D eigenvalue weighted by atomic mass is 10.00. The fraction of sp³-hybridized carbons (Fsp3) is 0.103. The Kier molecular flexibility index (Phi) is 7.40. The average molecular weight is 546 g/mol. The predicted octanol–water partition coefficient (Wildman–Crippen LogP) is 6.40. The van der Waals surface area contributed by atoms with Gasteiger partial charge in [0.15, 0.2) is 5.75 Å². The second-order valence-electron chi connectivity index (χ2n) is 8.41. The van der Waals surface area contributed by atoms with E-state index < -0.39 is 17.9 Å². The highest BCUT2D eigenvalue weighted by Crippen LogP contribution is 2.33. The Hall–Kier alpha value is -4.20. The standard InChI is InChI=1S/C29H21Cl2N3O4/c1-37-29(36)23(34-27(35)25-21(30)9-4-10-22(25)31)16-18-11-12-24(26-19(18)8-5-14-32-26)38-28-20-7-3-2-6-17(20)13-15-33-28/h2-15,23H,16H2,1H3,(H,34,35)/t23-/m0/s1. The minimum atomic E-state index is -1.00. The summed E-state index contributed by atoms with van der Waals surface area (Å²) >= 11 is 12.4. The monoisotopic (exact) mass is 545 g/mol. The molecule has 7 nitrogen and oxygen atoms in total. The van der Waals surface area contributed by atoms with Crippen molar-refractivity contribution >= 4 is 56.8 Å². The highest BCUT2D eigenvalue weighted by atomic mass is 35.5. The number of nitrogens with zero attached hydrogens (tertiary/aromatic N) is 2. The van der Waals surface area contributed by atoms with Crippen molar-refractivity contribution in [2.45, 2.75) is 12.5 Å². The summed E-state index contributed by atoms with van der Waals surface area (Å²) in [7, 11) is 1.26. The predicted molar refractivity (Wildman–Crippen MR) is 147 cm³/mol. The summed E-state index contributed by atoms with van der Waals surface area (Å²) < 4.78 is 11.2. The molecule has 190 valence electrons. The molecule has 0 radical (unpaired) electrons. The summed E-state index contributed by atoms with van der Waals surface area (Å²) in [5.74, 6) is -0.229. The first-order valence-electron chi connectivity index (χ1n) is 11.7. The maximum Gasteiger partial charge on any atom is 0.328 e. The highest BCUT2D eigenvalue weighted by Gasteiger charge is 2.26. The van der Waals surface area contributed by atoms with Gasteiger partial charge in [0.25, 0.3) is 5.91 Å². The fourth-order valence-corrected chi connectivity index (χ4v) is 4.81. The minimum Gasteiger partial charge on any atom is -0.467 e. The van der Waals surface area contributed by atoms with Gasteiger partial charge in [-0.2, -0.15) is 0 Å². The van der Waals surface area contributed by atoms with Gasteiger partial charge in [-0.05, 0) is 47.3 Å². The lowest BCUT2D eigenvalue weighted by Gasteiger charge is -2.19. The average Bonchev–Trinajstić information content (AvgIpc) is 2.93. The molecule has 0 aliphatic heterocycles. The number of esters is 1. The summed E-state index contributed by atoms with van der Waals surface area (Å²) in [6.45, 7) is 0. The summed E-state index contributed by atoms with van der Waals surface area (Å²) in [5, 5.41) is 5.69. The number of amides is 1. The van der Waals surface area contributed by atoms with Gasteiger partial charge in [0.1, 0.15) is 11.6 Å². The number of carbonyl (C=O) groups is 2. The molecule has 0 fully saturated rings. The van der Waals surface area contributed by atoms with Crippen LogP contribution < -0.4 is 10.1 Å². The molecule has 5 aromatic rings. The van der Waals surface area contributed by atoms with E-state index in [1.807, 2.05) is 42.5 Å². The normalized spacial score (nSPS) is 11.8. The van der Waals surface area contributed by atoms with Gasteiger partial charge in [-0.1, -0.05) is 59.6 Å². The van der Waals surface area contributed by atoms with Crippen molar-refractivity contribution in [2.75, 3.05) is 7.11 Å². The van der Waals surface area contributed by atoms with E-state index in [2.05, 4.69) is 15.3 Å². The Bertz CT molecular complexity index is 1650. The lowest BCUT2D eigenvalue weighted by Crippen LogP contribution is -2.43. The maximum atomic E-state index is 13.0. The summed E-state index contributed by atoms with van der Waals surface area (Å²) in [6.07, 6.45) is 3.49. The van der Waals surface area contributed by atoms with Crippen LogP contribution in [0.2, 0.25) is 10.0 Å². The first kappa shape index (κ1) is 25.4. The van der Waals surface area contributed by atoms with Crippen molar-refractivity contribution in [3.05, 3.63) is 106 Å². The van der Waals surface area contributed by atoms with Gasteiger partial charge in [-0.15, -0.1) is 0 Å². The Morgan fingerprint density at radius 3 is 2.42 bits per heavy atom. The van der Waals surface area contributed by atoms with Crippen LogP contribution >= 0.6 is 23.2 Å². The number of aromatic nitrogens is 2. The van der Waals surface area contributed by atoms with Gasteiger partial charge in [0.2, 0.25) is 5.88 Å². The van der Waals surface area contributed by atoms with Crippen molar-refractivity contribution in [3.8, 4) is 11.6 Å². The molecule has 1 amide bonds. The van der Waals surface area contributed by atoms with Crippen LogP contribution in [0.3, 0.4) is 0 Å². The number of halogens is 2. The molecule has 5 rings (SSSR count). The molecule has 0 unspecified atom stereocenters. The number of fused-ring (bicyclic) bond motifs is 2. The number of hydrogen-bond donors (Lipinski definition) is 1. The van der Waals surface area contributed by atoms with Gasteiger partial charge in [-0.3, -0.25) is 9.78 Å². The van der Waals surface area contributed by atoms with Crippen LogP contribution in [0, 0.1) is 0 Å². The molecule has 1 atom stereocenters. The van der Waals surface area contributed by atoms with Gasteiger partial charge >= 0.3 is 5.97 Å². The molecule has 0 saturated carbocycles. The van der Waals surface area contributed by atoms with Crippen molar-refractivity contribution in [1.29, 1.82) is 0 Å². The Labute approximate surface area is 228 Å². The van der Waals surface area contributed by atoms with Crippen LogP contribution in [0.25, 0.3) is 21.7 Å². The van der Waals surface area contributed by atoms with Gasteiger partial charge in [0.05, 0.1) is 22.7 Å². The zero-order valence-corrected chi connectivity index (χ0v) is 21.7. The third-order valence-electron chi connectivity index (χ3n) is 6.07. The fourth-order valence-electron chi connectivity index (χ4n) is 4.24. The van der Waals surface area contributed by atoms with Crippen molar-refractivity contribution in [2.24, 2.45) is 0 Å². The molecule has 0 aliphatic carbocycles. The van der Waals surface area contributed by atoms with E-state index >= 15 is 0 Å². The van der Waals surface area contributed by atoms with Crippen LogP contribution in [0.4, 0.5) is 0 Å². The van der Waals surface area contributed by atoms with Gasteiger partial charge in [-0.25, -0.2) is 9.78 Å². The van der Waals surface area contributed by atoms with Crippen LogP contribution in [-0.4, -0.2) is 35.0 Å². The Morgan fingerprint density at radius 1 is 0.868 bits per heavy atom. The molecule has 0 saturated heterocycles. The highest BCUT2D eigenvalue weighted by molar-refractivity contribution is 6.39. The van der Waals surface area contributed by atoms with E-state index in [-0.39, 0.29) is 22.0 Å². The first-order valence-corrected chi connectivity index (χ1v) is 12.4. The quantitative estimate of drug-likeness (QED) is 0.238. The summed E-state index contributed by atoms with van der Waals surface area (Å²) in [5.41, 5.74) is 1.43. The smallest absolute Gasteiger partial charge is 0.328 e. The second-order valence-corrected chi connectivity index (χ2v) is 9.23. The minimum absolute atomic E-state index is 0.0857. The number of methoxy groups -OCH3 is 1. The van der Waals surface area contributed by atoms with E-state index in [1.165, 1.54) is 7.11 Å². The van der Waals surface area contributed by atoms with Crippen molar-refractivity contribution < 1.29 is 19.1 Å². The van der Waals surface area contributed by atoms with E-state index in [9.17, 15) is 9.59 Å². The Balaban J connectivity index is 1.48. The third kappa shape index (κ3) is 5.11. The molecule has 38 heavy (non-hydrogen) atoms. The second kappa shape index (κ2) is 11.0. The maximum absolute atomic E-state index is 13.0. The van der Waals surface area contributed by atoms with E-state index in [0.717, 1.165) is 21.7 Å². The molecule has 3 aromatic carbocycles. The number of pyridine rings is 2. The van der Waals surface area contributed by atoms with Crippen molar-refractivity contribution in [1.82, 2.24) is 15.3 Å². The molecule has 0 aliphatic rings. The van der Waals surface area contributed by atoms with Gasteiger partial charge in [0, 0.05) is 29.6 Å². The molecule has 2 heterocycles. The zero-order chi connectivity index (χ0) is 26.6. The van der Waals surface area contributed by atoms with Crippen LogP contribution in [-0.2, 0) is 16.0 Å². The number of ether oxygens (including phenoxy) is 2. The van der Waals surface area contributed by atoms with Crippen molar-refractivity contribution in [3.63, 3.8) is 0 Å². The molecule has 2 aromatic heterocycles. The molecule has 0 bridgehead atoms. The molecular formula is C29H21Cl2N3O4. The number of carbonyl (C=O) groups excluding carboxylic acids is 2. The molecule has 9 heteroatoms. The zero-order valence-electron chi connectivity index (χ0n) is 20.2. The first-order chi connectivity index (χ1) is 18.5. The van der Waals surface area contributed by atoms with Crippen LogP contribution in [0.1, 0.15) is 15.9 Å². The van der Waals surface area contributed by atoms with Crippen LogP contribution in [0.5, 0.6) is 11.6 Å². The molecular weight excluding hydrogens is 525 g/mol. The SMILES string of the molecule is COC(=O)[C@H](Cc1ccc(Oc2nccc3ccccc23)c2ncccc12)NC(=O)c1c(Cl)cccc1Cl.